The van der Waals surface area contributed by atoms with Gasteiger partial charge in [0.25, 0.3) is 0 Å². The van der Waals surface area contributed by atoms with Crippen molar-refractivity contribution in [2.45, 2.75) is 25.9 Å². The summed E-state index contributed by atoms with van der Waals surface area (Å²) in [4.78, 5) is 19.8. The number of halogens is 1. The van der Waals surface area contributed by atoms with E-state index in [4.69, 9.17) is 17.0 Å². The maximum atomic E-state index is 12.5. The van der Waals surface area contributed by atoms with Gasteiger partial charge in [0, 0.05) is 29.2 Å². The van der Waals surface area contributed by atoms with Crippen molar-refractivity contribution in [3.8, 4) is 0 Å². The molecule has 1 aliphatic rings. The predicted molar refractivity (Wildman–Crippen MR) is 134 cm³/mol. The Morgan fingerprint density at radius 3 is 2.82 bits per heavy atom. The Balaban J connectivity index is 1.72. The zero-order valence-corrected chi connectivity index (χ0v) is 20.0. The monoisotopic (exact) mass is 477 g/mol. The van der Waals surface area contributed by atoms with Crippen molar-refractivity contribution in [3.63, 3.8) is 0 Å². The Labute approximate surface area is 202 Å². The number of fused-ring (bicyclic) bond motifs is 1. The molecule has 0 fully saturated rings. The summed E-state index contributed by atoms with van der Waals surface area (Å²) in [5.41, 5.74) is 5.56. The number of aromatic nitrogens is 1. The molecule has 168 valence electrons. The number of hydrogen-bond acceptors (Lipinski definition) is 4. The van der Waals surface area contributed by atoms with Gasteiger partial charge in [0.1, 0.15) is 12.7 Å². The molecule has 0 aliphatic carbocycles. The molecule has 3 aromatic rings. The summed E-state index contributed by atoms with van der Waals surface area (Å²) >= 11 is 7.90. The van der Waals surface area contributed by atoms with Crippen LogP contribution in [0.25, 0.3) is 5.57 Å². The molecule has 1 atom stereocenters. The number of hydrogen-bond donors (Lipinski definition) is 2. The van der Waals surface area contributed by atoms with Crippen molar-refractivity contribution in [2.24, 2.45) is 0 Å². The molecule has 33 heavy (non-hydrogen) atoms. The van der Waals surface area contributed by atoms with Crippen LogP contribution in [0.3, 0.4) is 0 Å². The van der Waals surface area contributed by atoms with Gasteiger partial charge in [-0.1, -0.05) is 48.5 Å². The zero-order valence-electron chi connectivity index (χ0n) is 18.4. The fraction of sp³-hybridized carbons (Fsp3) is 0.192. The number of allylic oxidation sites excluding steroid dienone is 1. The van der Waals surface area contributed by atoms with E-state index < -0.39 is 0 Å². The minimum Gasteiger partial charge on any atom is -0.333 e. The number of thiophene rings is 1. The Bertz CT molecular complexity index is 1220. The van der Waals surface area contributed by atoms with E-state index in [1.165, 1.54) is 17.4 Å². The first-order valence-corrected chi connectivity index (χ1v) is 11.9. The second-order valence-electron chi connectivity index (χ2n) is 7.96. The molecule has 0 saturated heterocycles. The second-order valence-corrected chi connectivity index (χ2v) is 9.73. The molecular weight excluding hydrogens is 452 g/mol. The molecule has 1 amide bonds. The molecule has 1 aromatic carbocycles. The Hall–Kier alpha value is -3.06. The van der Waals surface area contributed by atoms with E-state index in [0.717, 1.165) is 37.2 Å². The topological polar surface area (TPSA) is 73.7 Å². The first kappa shape index (κ1) is 23.1. The van der Waals surface area contributed by atoms with E-state index in [1.807, 2.05) is 52.8 Å². The molecule has 0 unspecified atom stereocenters. The number of quaternary nitrogens is 1. The Morgan fingerprint density at radius 1 is 1.30 bits per heavy atom. The number of benzene rings is 1. The van der Waals surface area contributed by atoms with Crippen LogP contribution >= 0.6 is 22.9 Å². The summed E-state index contributed by atoms with van der Waals surface area (Å²) in [6, 6.07) is 16.0. The average molecular weight is 478 g/mol. The number of pyridine rings is 1. The van der Waals surface area contributed by atoms with Crippen LogP contribution in [-0.4, -0.2) is 28.0 Å². The highest BCUT2D eigenvalue weighted by Crippen LogP contribution is 2.42. The molecule has 0 saturated carbocycles. The highest BCUT2D eigenvalue weighted by Gasteiger charge is 2.32. The number of nitrogens with two attached hydrogens (primary N) is 1. The van der Waals surface area contributed by atoms with Crippen LogP contribution < -0.4 is 5.32 Å². The fourth-order valence-corrected chi connectivity index (χ4v) is 5.58. The van der Waals surface area contributed by atoms with Gasteiger partial charge in [-0.3, -0.25) is 9.78 Å². The van der Waals surface area contributed by atoms with Gasteiger partial charge < -0.3 is 15.6 Å². The summed E-state index contributed by atoms with van der Waals surface area (Å²) in [5, 5.41) is 10.5. The normalized spacial score (nSPS) is 15.8. The zero-order chi connectivity index (χ0) is 23.4. The quantitative estimate of drug-likeness (QED) is 0.385. The third-order valence-corrected chi connectivity index (χ3v) is 7.04. The summed E-state index contributed by atoms with van der Waals surface area (Å²) in [6.45, 7) is 7.24. The molecule has 0 radical (unpaired) electrons. The first-order valence-electron chi connectivity index (χ1n) is 10.8. The maximum Gasteiger partial charge on any atom is 0.246 e. The SMILES string of the molecule is C=CC(=O)N1Cc2sc(Cl)cc2[C@H](c2ccccc2/C(=C/[NH2+]Cc2ccccn2)C(C)=N)C1. The third kappa shape index (κ3) is 5.14. The molecule has 0 spiro atoms. The maximum absolute atomic E-state index is 12.5. The lowest BCUT2D eigenvalue weighted by atomic mass is 9.83. The van der Waals surface area contributed by atoms with Crippen LogP contribution in [0.5, 0.6) is 0 Å². The lowest BCUT2D eigenvalue weighted by molar-refractivity contribution is -0.604. The molecule has 7 heteroatoms. The van der Waals surface area contributed by atoms with E-state index in [-0.39, 0.29) is 11.8 Å². The standard InChI is InChI=1S/C26H25ClN4OS/c1-3-26(32)31-15-23(21-12-25(27)33-24(21)16-31)20-10-5-4-9-19(20)22(17(2)28)14-29-13-18-8-6-7-11-30-18/h3-12,14,23,28-29H,1,13,15-16H2,2H3/p+1/b22-14+,28-17?/t23-/m0/s1. The van der Waals surface area contributed by atoms with Crippen molar-refractivity contribution in [1.29, 1.82) is 5.41 Å². The van der Waals surface area contributed by atoms with E-state index in [9.17, 15) is 4.79 Å². The van der Waals surface area contributed by atoms with Crippen LogP contribution in [0.2, 0.25) is 4.34 Å². The minimum atomic E-state index is -0.0876. The molecule has 0 bridgehead atoms. The molecule has 1 aliphatic heterocycles. The van der Waals surface area contributed by atoms with E-state index in [0.29, 0.717) is 25.3 Å². The lowest BCUT2D eigenvalue weighted by Crippen LogP contribution is -2.76. The van der Waals surface area contributed by atoms with Crippen molar-refractivity contribution < 1.29 is 10.1 Å². The van der Waals surface area contributed by atoms with Crippen LogP contribution in [0.1, 0.15) is 40.1 Å². The van der Waals surface area contributed by atoms with E-state index in [1.54, 1.807) is 13.1 Å². The molecular formula is C26H26ClN4OS+. The molecule has 3 heterocycles. The largest absolute Gasteiger partial charge is 0.333 e. The third-order valence-electron chi connectivity index (χ3n) is 5.78. The number of rotatable bonds is 7. The van der Waals surface area contributed by atoms with Crippen molar-refractivity contribution in [1.82, 2.24) is 9.88 Å². The fourth-order valence-electron chi connectivity index (χ4n) is 4.23. The summed E-state index contributed by atoms with van der Waals surface area (Å²) in [6.07, 6.45) is 5.16. The first-order chi connectivity index (χ1) is 16.0. The van der Waals surface area contributed by atoms with Gasteiger partial charge in [0.2, 0.25) is 5.91 Å². The smallest absolute Gasteiger partial charge is 0.246 e. The van der Waals surface area contributed by atoms with Gasteiger partial charge in [0.15, 0.2) is 0 Å². The number of nitrogens with zero attached hydrogens (tertiary/aromatic N) is 2. The van der Waals surface area contributed by atoms with E-state index in [2.05, 4.69) is 23.7 Å². The Kier molecular flexibility index (Phi) is 7.18. The number of carbonyl (C=O) groups is 1. The van der Waals surface area contributed by atoms with E-state index >= 15 is 0 Å². The molecule has 5 nitrogen and oxygen atoms in total. The summed E-state index contributed by atoms with van der Waals surface area (Å²) < 4.78 is 0.720. The number of carbonyl (C=O) groups excluding carboxylic acids is 1. The second kappa shape index (κ2) is 10.3. The lowest BCUT2D eigenvalue weighted by Gasteiger charge is -2.33. The van der Waals surface area contributed by atoms with Gasteiger partial charge in [-0.05, 0) is 47.9 Å². The van der Waals surface area contributed by atoms with Gasteiger partial charge >= 0.3 is 0 Å². The summed E-state index contributed by atoms with van der Waals surface area (Å²) in [7, 11) is 0. The molecule has 4 rings (SSSR count). The molecule has 3 N–H and O–H groups in total. The minimum absolute atomic E-state index is 0.0314. The van der Waals surface area contributed by atoms with Crippen LogP contribution in [0, 0.1) is 5.41 Å². The van der Waals surface area contributed by atoms with Gasteiger partial charge in [-0.25, -0.2) is 0 Å². The van der Waals surface area contributed by atoms with Crippen LogP contribution in [0.4, 0.5) is 0 Å². The number of amides is 1. The number of nitrogens with one attached hydrogen (secondary N) is 1. The average Bonchev–Trinajstić information content (AvgIpc) is 3.21. The van der Waals surface area contributed by atoms with Gasteiger partial charge in [-0.2, -0.15) is 0 Å². The predicted octanol–water partition coefficient (Wildman–Crippen LogP) is 4.60. The molecule has 2 aromatic heterocycles. The summed E-state index contributed by atoms with van der Waals surface area (Å²) in [5.74, 6) is -0.119. The van der Waals surface area contributed by atoms with Crippen LogP contribution in [0.15, 0.2) is 73.6 Å². The van der Waals surface area contributed by atoms with Gasteiger partial charge in [-0.15, -0.1) is 11.3 Å². The van der Waals surface area contributed by atoms with Crippen molar-refractivity contribution >= 4 is 40.1 Å². The van der Waals surface area contributed by atoms with Gasteiger partial charge in [0.05, 0.1) is 22.1 Å². The highest BCUT2D eigenvalue weighted by atomic mass is 35.5. The van der Waals surface area contributed by atoms with Crippen molar-refractivity contribution in [3.05, 3.63) is 105 Å². The van der Waals surface area contributed by atoms with Crippen LogP contribution in [-0.2, 0) is 17.9 Å². The van der Waals surface area contributed by atoms with Crippen molar-refractivity contribution in [2.75, 3.05) is 6.54 Å². The Morgan fingerprint density at radius 2 is 2.09 bits per heavy atom. The highest BCUT2D eigenvalue weighted by molar-refractivity contribution is 7.16.